The number of pyridine rings is 1. The third-order valence-electron chi connectivity index (χ3n) is 8.42. The minimum Gasteiger partial charge on any atom is -0.475 e. The Morgan fingerprint density at radius 1 is 0.978 bits per heavy atom. The van der Waals surface area contributed by atoms with Crippen LogP contribution in [0.1, 0.15) is 31.8 Å². The molecule has 0 aliphatic carbocycles. The molecule has 242 valence electrons. The van der Waals surface area contributed by atoms with E-state index in [9.17, 15) is 31.9 Å². The average Bonchev–Trinajstić information content (AvgIpc) is 3.42. The zero-order valence-electron chi connectivity index (χ0n) is 24.6. The summed E-state index contributed by atoms with van der Waals surface area (Å²) in [5.41, 5.74) is -0.628. The van der Waals surface area contributed by atoms with Crippen LogP contribution >= 0.6 is 0 Å². The summed E-state index contributed by atoms with van der Waals surface area (Å²) < 4.78 is 67.4. The molecule has 46 heavy (non-hydrogen) atoms. The number of aromatic nitrogens is 1. The molecule has 2 saturated heterocycles. The van der Waals surface area contributed by atoms with E-state index in [4.69, 9.17) is 9.47 Å². The highest BCUT2D eigenvalue weighted by atomic mass is 19.4. The van der Waals surface area contributed by atoms with Gasteiger partial charge in [-0.05, 0) is 35.9 Å². The first kappa shape index (κ1) is 31.4. The van der Waals surface area contributed by atoms with Crippen LogP contribution in [-0.4, -0.2) is 102 Å². The van der Waals surface area contributed by atoms with Gasteiger partial charge in [-0.15, -0.1) is 0 Å². The highest BCUT2D eigenvalue weighted by Gasteiger charge is 2.40. The number of hydrogen-bond acceptors (Lipinski definition) is 7. The van der Waals surface area contributed by atoms with E-state index < -0.39 is 53.5 Å². The monoisotopic (exact) mass is 641 g/mol. The zero-order chi connectivity index (χ0) is 32.4. The lowest BCUT2D eigenvalue weighted by molar-refractivity contribution is -0.143. The van der Waals surface area contributed by atoms with E-state index in [1.807, 2.05) is 0 Å². The Morgan fingerprint density at radius 3 is 2.57 bits per heavy atom. The van der Waals surface area contributed by atoms with Crippen LogP contribution in [0.25, 0.3) is 0 Å². The summed E-state index contributed by atoms with van der Waals surface area (Å²) in [5, 5.41) is 2.90. The zero-order valence-corrected chi connectivity index (χ0v) is 24.6. The van der Waals surface area contributed by atoms with Gasteiger partial charge in [0.25, 0.3) is 11.8 Å². The summed E-state index contributed by atoms with van der Waals surface area (Å²) in [5.74, 6) is -2.09. The Kier molecular flexibility index (Phi) is 8.91. The highest BCUT2D eigenvalue weighted by Crippen LogP contribution is 2.33. The van der Waals surface area contributed by atoms with Gasteiger partial charge in [0.2, 0.25) is 11.8 Å². The molecule has 3 atom stereocenters. The Labute approximate surface area is 261 Å². The summed E-state index contributed by atoms with van der Waals surface area (Å²) in [6.45, 7) is 0.112. The molecule has 0 unspecified atom stereocenters. The van der Waals surface area contributed by atoms with Gasteiger partial charge in [0.1, 0.15) is 24.6 Å². The maximum atomic E-state index is 14.4. The summed E-state index contributed by atoms with van der Waals surface area (Å²) in [7, 11) is 0. The Morgan fingerprint density at radius 2 is 1.76 bits per heavy atom. The number of rotatable bonds is 3. The third kappa shape index (κ3) is 6.67. The van der Waals surface area contributed by atoms with E-state index in [-0.39, 0.29) is 75.1 Å². The number of likely N-dealkylation sites (tertiary alicyclic amines) is 1. The van der Waals surface area contributed by atoms with Gasteiger partial charge < -0.3 is 24.6 Å². The van der Waals surface area contributed by atoms with Crippen molar-refractivity contribution in [2.75, 3.05) is 45.9 Å². The van der Waals surface area contributed by atoms with E-state index >= 15 is 0 Å². The van der Waals surface area contributed by atoms with Crippen LogP contribution < -0.4 is 10.1 Å². The van der Waals surface area contributed by atoms with E-state index in [0.717, 1.165) is 6.07 Å². The lowest BCUT2D eigenvalue weighted by Crippen LogP contribution is -2.59. The molecule has 4 heterocycles. The van der Waals surface area contributed by atoms with Gasteiger partial charge in [0.15, 0.2) is 0 Å². The molecular formula is C32H31F4N5O5. The van der Waals surface area contributed by atoms with Gasteiger partial charge in [0.05, 0.1) is 29.3 Å². The molecule has 6 rings (SSSR count). The van der Waals surface area contributed by atoms with Gasteiger partial charge in [0, 0.05) is 45.5 Å². The lowest BCUT2D eigenvalue weighted by atomic mass is 10.1. The molecule has 2 aromatic carbocycles. The van der Waals surface area contributed by atoms with Crippen molar-refractivity contribution >= 4 is 17.7 Å². The minimum absolute atomic E-state index is 0.00984. The van der Waals surface area contributed by atoms with Crippen molar-refractivity contribution in [1.29, 1.82) is 0 Å². The summed E-state index contributed by atoms with van der Waals surface area (Å²) in [4.78, 5) is 49.1. The first-order valence-electron chi connectivity index (χ1n) is 14.8. The molecule has 2 fully saturated rings. The largest absolute Gasteiger partial charge is 0.475 e. The number of benzene rings is 2. The minimum atomic E-state index is -4.53. The first-order valence-corrected chi connectivity index (χ1v) is 14.8. The standard InChI is InChI=1S/C32H31F4N5O5/c33-25-10-4-2-7-22(25)31(44)40-12-13-41-21(15-40)18-46-30-23(8-5-11-37-30)29(43)38-26-16-39(17-27(26)45-19-28(41)42)14-20-6-1-3-9-24(20)32(34,35)36/h1-11,21,26-27H,12-19H2,(H,38,43)/t21-,26+,27-/m0/s1. The Balaban J connectivity index is 1.24. The average molecular weight is 642 g/mol. The number of nitrogens with one attached hydrogen (secondary N) is 1. The van der Waals surface area contributed by atoms with Crippen LogP contribution in [-0.2, 0) is 22.3 Å². The predicted octanol–water partition coefficient (Wildman–Crippen LogP) is 2.98. The fraction of sp³-hybridized carbons (Fsp3) is 0.375. The number of fused-ring (bicyclic) bond motifs is 3. The van der Waals surface area contributed by atoms with Crippen molar-refractivity contribution < 1.29 is 41.4 Å². The smallest absolute Gasteiger partial charge is 0.416 e. The second kappa shape index (κ2) is 13.0. The SMILES string of the molecule is O=C1N[C@@H]2CN(Cc3ccccc3C(F)(F)F)C[C@@H]2OCC(=O)N2CCN(C(=O)c3ccccc3F)C[C@H]2COc2ncccc21. The molecular weight excluding hydrogens is 610 g/mol. The third-order valence-corrected chi connectivity index (χ3v) is 8.42. The number of carbonyl (C=O) groups is 3. The van der Waals surface area contributed by atoms with Crippen LogP contribution in [0.5, 0.6) is 5.88 Å². The molecule has 3 aliphatic heterocycles. The summed E-state index contributed by atoms with van der Waals surface area (Å²) >= 11 is 0. The Bertz CT molecular complexity index is 1620. The number of amides is 3. The number of carbonyl (C=O) groups excluding carboxylic acids is 3. The van der Waals surface area contributed by atoms with Crippen molar-refractivity contribution in [2.24, 2.45) is 0 Å². The van der Waals surface area contributed by atoms with E-state index in [2.05, 4.69) is 10.3 Å². The van der Waals surface area contributed by atoms with Crippen LogP contribution in [0.3, 0.4) is 0 Å². The van der Waals surface area contributed by atoms with Crippen molar-refractivity contribution in [3.05, 3.63) is 94.9 Å². The van der Waals surface area contributed by atoms with Crippen molar-refractivity contribution in [3.8, 4) is 5.88 Å². The van der Waals surface area contributed by atoms with Gasteiger partial charge in [-0.25, -0.2) is 9.37 Å². The molecule has 0 bridgehead atoms. The van der Waals surface area contributed by atoms with Crippen molar-refractivity contribution in [3.63, 3.8) is 0 Å². The number of alkyl halides is 3. The van der Waals surface area contributed by atoms with Crippen LogP contribution in [0.15, 0.2) is 66.9 Å². The van der Waals surface area contributed by atoms with Gasteiger partial charge >= 0.3 is 6.18 Å². The maximum Gasteiger partial charge on any atom is 0.416 e. The quantitative estimate of drug-likeness (QED) is 0.439. The predicted molar refractivity (Wildman–Crippen MR) is 155 cm³/mol. The molecule has 3 aromatic rings. The van der Waals surface area contributed by atoms with Crippen LogP contribution in [0.2, 0.25) is 0 Å². The van der Waals surface area contributed by atoms with E-state index in [0.29, 0.717) is 0 Å². The fourth-order valence-corrected chi connectivity index (χ4v) is 6.14. The van der Waals surface area contributed by atoms with Gasteiger partial charge in [-0.3, -0.25) is 19.3 Å². The second-order valence-corrected chi connectivity index (χ2v) is 11.4. The molecule has 0 saturated carbocycles. The normalized spacial score (nSPS) is 22.7. The molecule has 1 aromatic heterocycles. The molecule has 14 heteroatoms. The van der Waals surface area contributed by atoms with E-state index in [1.165, 1.54) is 58.5 Å². The second-order valence-electron chi connectivity index (χ2n) is 11.4. The lowest BCUT2D eigenvalue weighted by Gasteiger charge is -2.41. The van der Waals surface area contributed by atoms with Gasteiger partial charge in [-0.2, -0.15) is 13.2 Å². The highest BCUT2D eigenvalue weighted by molar-refractivity contribution is 5.96. The molecule has 1 N–H and O–H groups in total. The maximum absolute atomic E-state index is 14.4. The first-order chi connectivity index (χ1) is 22.1. The summed E-state index contributed by atoms with van der Waals surface area (Å²) in [6, 6.07) is 12.7. The topological polar surface area (TPSA) is 104 Å². The summed E-state index contributed by atoms with van der Waals surface area (Å²) in [6.07, 6.45) is -3.80. The van der Waals surface area contributed by atoms with E-state index in [1.54, 1.807) is 17.0 Å². The van der Waals surface area contributed by atoms with Crippen molar-refractivity contribution in [1.82, 2.24) is 25.0 Å². The number of halogens is 4. The van der Waals surface area contributed by atoms with Crippen LogP contribution in [0, 0.1) is 5.82 Å². The number of nitrogens with zero attached hydrogens (tertiary/aromatic N) is 4. The molecule has 10 nitrogen and oxygen atoms in total. The van der Waals surface area contributed by atoms with Gasteiger partial charge in [-0.1, -0.05) is 30.3 Å². The number of piperazine rings is 1. The Hall–Kier alpha value is -4.56. The number of hydrogen-bond donors (Lipinski definition) is 1. The van der Waals surface area contributed by atoms with Crippen LogP contribution in [0.4, 0.5) is 17.6 Å². The molecule has 0 spiro atoms. The molecule has 3 aliphatic rings. The van der Waals surface area contributed by atoms with Crippen molar-refractivity contribution in [2.45, 2.75) is 30.9 Å². The molecule has 0 radical (unpaired) electrons. The number of ether oxygens (including phenoxy) is 2. The fourth-order valence-electron chi connectivity index (χ4n) is 6.14. The molecule has 3 amide bonds.